The van der Waals surface area contributed by atoms with Crippen molar-refractivity contribution in [2.24, 2.45) is 0 Å². The molecule has 0 aliphatic heterocycles. The summed E-state index contributed by atoms with van der Waals surface area (Å²) in [6.07, 6.45) is 2.38. The van der Waals surface area contributed by atoms with Crippen molar-refractivity contribution in [3.8, 4) is 0 Å². The minimum absolute atomic E-state index is 0. The summed E-state index contributed by atoms with van der Waals surface area (Å²) in [5, 5.41) is 8.17. The SMILES string of the molecule is CC(=O)C(Br)=[C-]CO.[V+2]. The molecule has 2 nitrogen and oxygen atoms in total. The number of aliphatic hydroxyl groups excluding tert-OH is 1. The van der Waals surface area contributed by atoms with Crippen LogP contribution in [0, 0.1) is 6.08 Å². The van der Waals surface area contributed by atoms with Gasteiger partial charge < -0.3 is 9.90 Å². The Morgan fingerprint density at radius 3 is 2.33 bits per heavy atom. The van der Waals surface area contributed by atoms with Crippen molar-refractivity contribution in [1.29, 1.82) is 0 Å². The maximum atomic E-state index is 10.3. The van der Waals surface area contributed by atoms with Crippen molar-refractivity contribution in [2.75, 3.05) is 6.61 Å². The van der Waals surface area contributed by atoms with E-state index in [4.69, 9.17) is 5.11 Å². The molecule has 4 heteroatoms. The molecule has 49 valence electrons. The van der Waals surface area contributed by atoms with Crippen LogP contribution in [0.1, 0.15) is 6.92 Å². The molecule has 0 saturated heterocycles. The van der Waals surface area contributed by atoms with E-state index in [1.807, 2.05) is 0 Å². The van der Waals surface area contributed by atoms with Crippen LogP contribution in [-0.4, -0.2) is 17.5 Å². The van der Waals surface area contributed by atoms with Gasteiger partial charge in [0.1, 0.15) is 0 Å². The van der Waals surface area contributed by atoms with E-state index in [1.165, 1.54) is 6.92 Å². The summed E-state index contributed by atoms with van der Waals surface area (Å²) in [7, 11) is 0. The second kappa shape index (κ2) is 6.55. The topological polar surface area (TPSA) is 37.3 Å². The Morgan fingerprint density at radius 1 is 1.78 bits per heavy atom. The van der Waals surface area contributed by atoms with E-state index in [0.717, 1.165) is 0 Å². The van der Waals surface area contributed by atoms with E-state index < -0.39 is 0 Å². The molecule has 0 heterocycles. The molecular weight excluding hydrogens is 223 g/mol. The third kappa shape index (κ3) is 6.32. The Hall–Kier alpha value is 0.434. The third-order valence-corrected chi connectivity index (χ3v) is 1.38. The summed E-state index contributed by atoms with van der Waals surface area (Å²) in [5.41, 5.74) is 0. The Morgan fingerprint density at radius 2 is 2.22 bits per heavy atom. The van der Waals surface area contributed by atoms with Crippen molar-refractivity contribution in [1.82, 2.24) is 0 Å². The Kier molecular flexibility index (Phi) is 8.84. The first-order valence-electron chi connectivity index (χ1n) is 2.06. The van der Waals surface area contributed by atoms with Crippen LogP contribution in [0.25, 0.3) is 0 Å². The van der Waals surface area contributed by atoms with Crippen LogP contribution < -0.4 is 0 Å². The molecule has 0 rings (SSSR count). The van der Waals surface area contributed by atoms with E-state index in [0.29, 0.717) is 4.48 Å². The average Bonchev–Trinajstić information content (AvgIpc) is 1.67. The number of hydrogen-bond acceptors (Lipinski definition) is 2. The molecule has 0 bridgehead atoms. The molecular formula is C5H6BrO2V+. The maximum Gasteiger partial charge on any atom is 2.00 e. The van der Waals surface area contributed by atoms with Gasteiger partial charge in [0.15, 0.2) is 0 Å². The fourth-order valence-electron chi connectivity index (χ4n) is 0.194. The van der Waals surface area contributed by atoms with E-state index in [2.05, 4.69) is 22.0 Å². The van der Waals surface area contributed by atoms with Gasteiger partial charge in [0.25, 0.3) is 0 Å². The molecule has 9 heavy (non-hydrogen) atoms. The predicted molar refractivity (Wildman–Crippen MR) is 33.4 cm³/mol. The molecule has 0 saturated carbocycles. The Labute approximate surface area is 74.3 Å². The zero-order chi connectivity index (χ0) is 6.57. The van der Waals surface area contributed by atoms with Gasteiger partial charge in [0, 0.05) is 5.78 Å². The van der Waals surface area contributed by atoms with E-state index >= 15 is 0 Å². The molecule has 0 aromatic carbocycles. The summed E-state index contributed by atoms with van der Waals surface area (Å²) in [4.78, 5) is 10.3. The summed E-state index contributed by atoms with van der Waals surface area (Å²) < 4.78 is 0.306. The van der Waals surface area contributed by atoms with Crippen molar-refractivity contribution >= 4 is 21.7 Å². The molecule has 0 spiro atoms. The van der Waals surface area contributed by atoms with Crippen LogP contribution in [0.5, 0.6) is 0 Å². The van der Waals surface area contributed by atoms with Crippen molar-refractivity contribution in [3.63, 3.8) is 0 Å². The maximum absolute atomic E-state index is 10.3. The predicted octanol–water partition coefficient (Wildman–Crippen LogP) is 0.647. The summed E-state index contributed by atoms with van der Waals surface area (Å²) in [5.74, 6) is -0.126. The van der Waals surface area contributed by atoms with Gasteiger partial charge in [0.05, 0.1) is 0 Å². The summed E-state index contributed by atoms with van der Waals surface area (Å²) in [6.45, 7) is 1.17. The van der Waals surface area contributed by atoms with Gasteiger partial charge in [-0.15, -0.1) is 4.48 Å². The van der Waals surface area contributed by atoms with Crippen molar-refractivity contribution < 1.29 is 28.5 Å². The molecule has 0 amide bonds. The third-order valence-electron chi connectivity index (χ3n) is 0.543. The number of allylic oxidation sites excluding steroid dienone is 1. The van der Waals surface area contributed by atoms with Crippen LogP contribution in [0.2, 0.25) is 0 Å². The van der Waals surface area contributed by atoms with Gasteiger partial charge >= 0.3 is 18.6 Å². The quantitative estimate of drug-likeness (QED) is 0.557. The second-order valence-corrected chi connectivity index (χ2v) is 2.00. The molecule has 0 aromatic rings. The van der Waals surface area contributed by atoms with Gasteiger partial charge in [-0.1, -0.05) is 22.9 Å². The Balaban J connectivity index is 0. The number of carbonyl (C=O) groups excluding carboxylic acids is 1. The standard InChI is InChI=1S/C5H6BrO2.V/c1-4(8)5(6)2-3-7;/h7H,3H2,1H3;/q-1;+2. The molecule has 0 aromatic heterocycles. The average molecular weight is 229 g/mol. The first-order valence-corrected chi connectivity index (χ1v) is 2.86. The van der Waals surface area contributed by atoms with Gasteiger partial charge in [0.2, 0.25) is 0 Å². The molecule has 0 fully saturated rings. The summed E-state index contributed by atoms with van der Waals surface area (Å²) >= 11 is 2.90. The summed E-state index contributed by atoms with van der Waals surface area (Å²) in [6, 6.07) is 0. The molecule has 1 radical (unpaired) electrons. The minimum Gasteiger partial charge on any atom is -0.411 e. The Bertz CT molecular complexity index is 122. The second-order valence-electron chi connectivity index (χ2n) is 1.21. The van der Waals surface area contributed by atoms with Crippen LogP contribution in [-0.2, 0) is 23.4 Å². The van der Waals surface area contributed by atoms with Crippen LogP contribution in [0.15, 0.2) is 4.48 Å². The monoisotopic (exact) mass is 228 g/mol. The first kappa shape index (κ1) is 12.1. The van der Waals surface area contributed by atoms with Crippen LogP contribution in [0.3, 0.4) is 0 Å². The van der Waals surface area contributed by atoms with Crippen LogP contribution in [0.4, 0.5) is 0 Å². The molecule has 1 N–H and O–H groups in total. The van der Waals surface area contributed by atoms with E-state index in [9.17, 15) is 4.79 Å². The normalized spacial score (nSPS) is 10.3. The number of carbonyl (C=O) groups is 1. The van der Waals surface area contributed by atoms with E-state index in [1.54, 1.807) is 0 Å². The zero-order valence-corrected chi connectivity index (χ0v) is 7.87. The number of rotatable bonds is 2. The first-order chi connectivity index (χ1) is 3.68. The zero-order valence-electron chi connectivity index (χ0n) is 4.89. The fourth-order valence-corrected chi connectivity index (χ4v) is 0.319. The minimum atomic E-state index is -0.222. The molecule has 0 unspecified atom stereocenters. The van der Waals surface area contributed by atoms with Gasteiger partial charge in [-0.2, -0.15) is 0 Å². The smallest absolute Gasteiger partial charge is 0.411 e. The van der Waals surface area contributed by atoms with Gasteiger partial charge in [-0.3, -0.25) is 0 Å². The van der Waals surface area contributed by atoms with Crippen LogP contribution >= 0.6 is 15.9 Å². The van der Waals surface area contributed by atoms with Gasteiger partial charge in [-0.05, 0) is 6.61 Å². The number of halogens is 1. The largest absolute Gasteiger partial charge is 2.00 e. The number of Topliss-reactive ketones (excluding diaryl/α,β-unsaturated/α-hetero) is 1. The number of hydrogen-bond donors (Lipinski definition) is 1. The molecule has 0 aliphatic carbocycles. The number of ketones is 1. The fraction of sp³-hybridized carbons (Fsp3) is 0.400. The van der Waals surface area contributed by atoms with E-state index in [-0.39, 0.29) is 30.9 Å². The number of aliphatic hydroxyl groups is 1. The van der Waals surface area contributed by atoms with Crippen molar-refractivity contribution in [3.05, 3.63) is 10.6 Å². The van der Waals surface area contributed by atoms with Gasteiger partial charge in [-0.25, -0.2) is 6.08 Å². The molecule has 0 atom stereocenters. The van der Waals surface area contributed by atoms with Crippen molar-refractivity contribution in [2.45, 2.75) is 6.92 Å². The molecule has 0 aliphatic rings.